The third-order valence-corrected chi connectivity index (χ3v) is 5.32. The Labute approximate surface area is 155 Å². The molecule has 5 heteroatoms. The van der Waals surface area contributed by atoms with Crippen molar-refractivity contribution < 1.29 is 14.3 Å². The van der Waals surface area contributed by atoms with Crippen molar-refractivity contribution in [1.82, 2.24) is 4.57 Å². The lowest BCUT2D eigenvalue weighted by Gasteiger charge is -2.17. The summed E-state index contributed by atoms with van der Waals surface area (Å²) in [6.45, 7) is 4.40. The van der Waals surface area contributed by atoms with Crippen LogP contribution in [0, 0.1) is 13.8 Å². The normalized spacial score (nSPS) is 14.5. The minimum atomic E-state index is 0.0974. The molecule has 0 saturated heterocycles. The topological polar surface area (TPSA) is 52.5 Å². The Morgan fingerprint density at radius 3 is 2.54 bits per heavy atom. The van der Waals surface area contributed by atoms with Gasteiger partial charge in [-0.05, 0) is 44.9 Å². The van der Waals surface area contributed by atoms with Gasteiger partial charge in [0.2, 0.25) is 0 Å². The van der Waals surface area contributed by atoms with Crippen molar-refractivity contribution in [3.63, 3.8) is 0 Å². The SMILES string of the molecule is COc1ccc(NCC(=O)c2cc(C)n(C3CCCC3)c2C)c(OC)c1. The summed E-state index contributed by atoms with van der Waals surface area (Å²) < 4.78 is 12.9. The number of hydrogen-bond acceptors (Lipinski definition) is 4. The number of ether oxygens (including phenoxy) is 2. The molecule has 3 rings (SSSR count). The van der Waals surface area contributed by atoms with Crippen LogP contribution in [-0.2, 0) is 0 Å². The predicted molar refractivity (Wildman–Crippen MR) is 104 cm³/mol. The summed E-state index contributed by atoms with van der Waals surface area (Å²) in [4.78, 5) is 12.8. The van der Waals surface area contributed by atoms with Crippen molar-refractivity contribution in [3.05, 3.63) is 41.2 Å². The summed E-state index contributed by atoms with van der Waals surface area (Å²) in [6, 6.07) is 8.10. The molecule has 0 amide bonds. The Bertz CT molecular complexity index is 789. The molecule has 2 aromatic rings. The summed E-state index contributed by atoms with van der Waals surface area (Å²) in [7, 11) is 3.22. The maximum absolute atomic E-state index is 12.8. The number of nitrogens with one attached hydrogen (secondary N) is 1. The molecule has 1 N–H and O–H groups in total. The summed E-state index contributed by atoms with van der Waals surface area (Å²) in [5.41, 5.74) is 3.86. The van der Waals surface area contributed by atoms with Gasteiger partial charge in [-0.25, -0.2) is 0 Å². The van der Waals surface area contributed by atoms with E-state index >= 15 is 0 Å². The van der Waals surface area contributed by atoms with Gasteiger partial charge in [0.25, 0.3) is 0 Å². The molecule has 26 heavy (non-hydrogen) atoms. The number of Topliss-reactive ketones (excluding diaryl/α,β-unsaturated/α-hetero) is 1. The average molecular weight is 356 g/mol. The van der Waals surface area contributed by atoms with Crippen LogP contribution in [-0.4, -0.2) is 31.1 Å². The first-order chi connectivity index (χ1) is 12.5. The molecule has 140 valence electrons. The fourth-order valence-corrected chi connectivity index (χ4v) is 4.00. The smallest absolute Gasteiger partial charge is 0.183 e. The molecule has 0 spiro atoms. The number of ketones is 1. The van der Waals surface area contributed by atoms with E-state index in [2.05, 4.69) is 23.7 Å². The fraction of sp³-hybridized carbons (Fsp3) is 0.476. The molecule has 1 heterocycles. The van der Waals surface area contributed by atoms with Crippen LogP contribution in [0.5, 0.6) is 11.5 Å². The molecule has 1 aromatic heterocycles. The number of benzene rings is 1. The highest BCUT2D eigenvalue weighted by atomic mass is 16.5. The molecule has 0 radical (unpaired) electrons. The first-order valence-electron chi connectivity index (χ1n) is 9.22. The van der Waals surface area contributed by atoms with Gasteiger partial charge >= 0.3 is 0 Å². The van der Waals surface area contributed by atoms with Crippen molar-refractivity contribution >= 4 is 11.5 Å². The van der Waals surface area contributed by atoms with E-state index in [9.17, 15) is 4.79 Å². The maximum Gasteiger partial charge on any atom is 0.183 e. The van der Waals surface area contributed by atoms with Crippen LogP contribution in [0.15, 0.2) is 24.3 Å². The highest BCUT2D eigenvalue weighted by Crippen LogP contribution is 2.33. The second kappa shape index (κ2) is 7.85. The van der Waals surface area contributed by atoms with Crippen LogP contribution in [0.2, 0.25) is 0 Å². The molecule has 0 unspecified atom stereocenters. The monoisotopic (exact) mass is 356 g/mol. The molecular formula is C21H28N2O3. The van der Waals surface area contributed by atoms with Crippen LogP contribution in [0.4, 0.5) is 5.69 Å². The largest absolute Gasteiger partial charge is 0.497 e. The Morgan fingerprint density at radius 1 is 1.15 bits per heavy atom. The number of aromatic nitrogens is 1. The molecule has 1 aliphatic rings. The van der Waals surface area contributed by atoms with E-state index in [0.717, 1.165) is 22.7 Å². The lowest BCUT2D eigenvalue weighted by molar-refractivity contribution is 0.101. The van der Waals surface area contributed by atoms with Gasteiger partial charge in [-0.15, -0.1) is 0 Å². The van der Waals surface area contributed by atoms with Gasteiger partial charge in [0, 0.05) is 29.1 Å². The third-order valence-electron chi connectivity index (χ3n) is 5.32. The number of carbonyl (C=O) groups excluding carboxylic acids is 1. The summed E-state index contributed by atoms with van der Waals surface area (Å²) in [5.74, 6) is 1.48. The van der Waals surface area contributed by atoms with Crippen LogP contribution < -0.4 is 14.8 Å². The number of hydrogen-bond donors (Lipinski definition) is 1. The standard InChI is InChI=1S/C21H28N2O3/c1-14-11-18(15(2)23(14)16-7-5-6-8-16)20(24)13-22-19-10-9-17(25-3)12-21(19)26-4/h9-12,16,22H,5-8,13H2,1-4H3. The van der Waals surface area contributed by atoms with Gasteiger partial charge in [0.15, 0.2) is 5.78 Å². The van der Waals surface area contributed by atoms with Crippen molar-refractivity contribution in [2.24, 2.45) is 0 Å². The zero-order valence-corrected chi connectivity index (χ0v) is 16.1. The van der Waals surface area contributed by atoms with Crippen LogP contribution in [0.1, 0.15) is 53.5 Å². The Morgan fingerprint density at radius 2 is 1.88 bits per heavy atom. The minimum Gasteiger partial charge on any atom is -0.497 e. The molecule has 0 aliphatic heterocycles. The summed E-state index contributed by atoms with van der Waals surface area (Å²) in [5, 5.41) is 3.20. The van der Waals surface area contributed by atoms with E-state index < -0.39 is 0 Å². The zero-order chi connectivity index (χ0) is 18.7. The fourth-order valence-electron chi connectivity index (χ4n) is 4.00. The number of aryl methyl sites for hydroxylation is 1. The zero-order valence-electron chi connectivity index (χ0n) is 16.1. The lowest BCUT2D eigenvalue weighted by atomic mass is 10.1. The number of anilines is 1. The van der Waals surface area contributed by atoms with E-state index in [0.29, 0.717) is 11.8 Å². The summed E-state index contributed by atoms with van der Waals surface area (Å²) in [6.07, 6.45) is 4.99. The van der Waals surface area contributed by atoms with E-state index in [4.69, 9.17) is 9.47 Å². The maximum atomic E-state index is 12.8. The van der Waals surface area contributed by atoms with Crippen LogP contribution in [0.3, 0.4) is 0 Å². The molecule has 1 aliphatic carbocycles. The Balaban J connectivity index is 1.74. The van der Waals surface area contributed by atoms with Gasteiger partial charge in [0.1, 0.15) is 11.5 Å². The second-order valence-corrected chi connectivity index (χ2v) is 6.94. The van der Waals surface area contributed by atoms with E-state index in [1.807, 2.05) is 18.2 Å². The predicted octanol–water partition coefficient (Wildman–Crippen LogP) is 4.53. The number of methoxy groups -OCH3 is 2. The number of carbonyl (C=O) groups is 1. The van der Waals surface area contributed by atoms with Gasteiger partial charge < -0.3 is 19.4 Å². The van der Waals surface area contributed by atoms with Crippen molar-refractivity contribution in [2.45, 2.75) is 45.6 Å². The highest BCUT2D eigenvalue weighted by Gasteiger charge is 2.23. The van der Waals surface area contributed by atoms with Crippen LogP contribution >= 0.6 is 0 Å². The molecule has 1 aromatic carbocycles. The molecular weight excluding hydrogens is 328 g/mol. The van der Waals surface area contributed by atoms with Crippen molar-refractivity contribution in [3.8, 4) is 11.5 Å². The third kappa shape index (κ3) is 3.57. The van der Waals surface area contributed by atoms with E-state index in [1.54, 1.807) is 20.3 Å². The van der Waals surface area contributed by atoms with Crippen LogP contribution in [0.25, 0.3) is 0 Å². The molecule has 0 bridgehead atoms. The number of nitrogens with zero attached hydrogens (tertiary/aromatic N) is 1. The summed E-state index contributed by atoms with van der Waals surface area (Å²) >= 11 is 0. The molecule has 0 atom stereocenters. The average Bonchev–Trinajstić information content (AvgIpc) is 3.27. The first-order valence-corrected chi connectivity index (χ1v) is 9.22. The molecule has 1 saturated carbocycles. The number of rotatable bonds is 7. The second-order valence-electron chi connectivity index (χ2n) is 6.94. The quantitative estimate of drug-likeness (QED) is 0.741. The van der Waals surface area contributed by atoms with Crippen molar-refractivity contribution in [1.29, 1.82) is 0 Å². The van der Waals surface area contributed by atoms with Gasteiger partial charge in [-0.3, -0.25) is 4.79 Å². The molecule has 5 nitrogen and oxygen atoms in total. The van der Waals surface area contributed by atoms with Crippen molar-refractivity contribution in [2.75, 3.05) is 26.1 Å². The lowest BCUT2D eigenvalue weighted by Crippen LogP contribution is -2.16. The molecule has 1 fully saturated rings. The minimum absolute atomic E-state index is 0.0974. The van der Waals surface area contributed by atoms with Gasteiger partial charge in [0.05, 0.1) is 26.5 Å². The van der Waals surface area contributed by atoms with E-state index in [-0.39, 0.29) is 12.3 Å². The first kappa shape index (κ1) is 18.4. The van der Waals surface area contributed by atoms with Gasteiger partial charge in [-0.2, -0.15) is 0 Å². The van der Waals surface area contributed by atoms with Gasteiger partial charge in [-0.1, -0.05) is 12.8 Å². The highest BCUT2D eigenvalue weighted by molar-refractivity contribution is 6.00. The van der Waals surface area contributed by atoms with E-state index in [1.165, 1.54) is 31.4 Å². The Hall–Kier alpha value is -2.43. The Kier molecular flexibility index (Phi) is 5.55.